The predicted octanol–water partition coefficient (Wildman–Crippen LogP) is 3.25. The van der Waals surface area contributed by atoms with E-state index in [9.17, 15) is 0 Å². The van der Waals surface area contributed by atoms with Crippen molar-refractivity contribution in [3.63, 3.8) is 0 Å². The van der Waals surface area contributed by atoms with Crippen molar-refractivity contribution in [2.45, 2.75) is 27.2 Å². The van der Waals surface area contributed by atoms with E-state index in [4.69, 9.17) is 0 Å². The lowest BCUT2D eigenvalue weighted by atomic mass is 10.3. The quantitative estimate of drug-likeness (QED) is 0.574. The standard InChI is InChI=1S/C9H7NS.C2H6/c1-7-10-8-5-3-2-4-6-9(8)11-7;1-2/h3,5H,2H2,1H3;1-2H3. The molecule has 0 aromatic carbocycles. The van der Waals surface area contributed by atoms with Crippen molar-refractivity contribution >= 4 is 17.4 Å². The average Bonchev–Trinajstić information content (AvgIpc) is 2.36. The van der Waals surface area contributed by atoms with Gasteiger partial charge in [-0.3, -0.25) is 0 Å². The first-order valence-electron chi connectivity index (χ1n) is 4.49. The summed E-state index contributed by atoms with van der Waals surface area (Å²) in [6, 6.07) is 0. The van der Waals surface area contributed by atoms with E-state index >= 15 is 0 Å². The fourth-order valence-electron chi connectivity index (χ4n) is 1.01. The maximum atomic E-state index is 4.34. The smallest absolute Gasteiger partial charge is 0.104 e. The minimum absolute atomic E-state index is 0.849. The minimum Gasteiger partial charge on any atom is -0.241 e. The molecule has 0 fully saturated rings. The lowest BCUT2D eigenvalue weighted by Crippen LogP contribution is -1.73. The van der Waals surface area contributed by atoms with E-state index in [1.807, 2.05) is 26.8 Å². The second-order valence-corrected chi connectivity index (χ2v) is 3.56. The Morgan fingerprint density at radius 2 is 2.23 bits per heavy atom. The lowest BCUT2D eigenvalue weighted by Gasteiger charge is -1.80. The van der Waals surface area contributed by atoms with Gasteiger partial charge >= 0.3 is 0 Å². The highest BCUT2D eigenvalue weighted by molar-refractivity contribution is 7.12. The maximum Gasteiger partial charge on any atom is 0.104 e. The van der Waals surface area contributed by atoms with E-state index in [0.29, 0.717) is 0 Å². The topological polar surface area (TPSA) is 12.9 Å². The van der Waals surface area contributed by atoms with Crippen molar-refractivity contribution in [1.29, 1.82) is 0 Å². The summed E-state index contributed by atoms with van der Waals surface area (Å²) in [5, 5.41) is 1.09. The number of thiazole rings is 1. The van der Waals surface area contributed by atoms with E-state index in [1.165, 1.54) is 0 Å². The molecule has 1 heterocycles. The van der Waals surface area contributed by atoms with E-state index in [0.717, 1.165) is 22.0 Å². The fraction of sp³-hybridized carbons (Fsp3) is 0.364. The van der Waals surface area contributed by atoms with Gasteiger partial charge in [-0.2, -0.15) is 0 Å². The molecule has 0 unspecified atom stereocenters. The van der Waals surface area contributed by atoms with Crippen LogP contribution in [0.1, 0.15) is 35.8 Å². The van der Waals surface area contributed by atoms with Crippen molar-refractivity contribution < 1.29 is 0 Å². The van der Waals surface area contributed by atoms with E-state index in [-0.39, 0.29) is 0 Å². The Hall–Kier alpha value is -1.07. The van der Waals surface area contributed by atoms with Crippen molar-refractivity contribution in [3.8, 4) is 11.8 Å². The van der Waals surface area contributed by atoms with E-state index in [1.54, 1.807) is 11.3 Å². The van der Waals surface area contributed by atoms with Crippen LogP contribution in [0, 0.1) is 18.8 Å². The van der Waals surface area contributed by atoms with Crippen LogP contribution in [0.2, 0.25) is 0 Å². The molecule has 1 aliphatic carbocycles. The Bertz CT molecular complexity index is 363. The minimum atomic E-state index is 0.849. The highest BCUT2D eigenvalue weighted by Crippen LogP contribution is 2.19. The number of aromatic nitrogens is 1. The summed E-state index contributed by atoms with van der Waals surface area (Å²) in [4.78, 5) is 5.45. The first kappa shape index (κ1) is 10.0. The van der Waals surface area contributed by atoms with Gasteiger partial charge in [0.1, 0.15) is 4.88 Å². The Morgan fingerprint density at radius 3 is 3.00 bits per heavy atom. The number of rotatable bonds is 0. The summed E-state index contributed by atoms with van der Waals surface area (Å²) in [5.74, 6) is 6.14. The molecule has 0 amide bonds. The Labute approximate surface area is 83.5 Å². The molecule has 0 atom stereocenters. The zero-order chi connectivity index (χ0) is 9.68. The SMILES string of the molecule is CC.Cc1nc2c(s1)C#CCC=C2. The number of nitrogens with zero attached hydrogens (tertiary/aromatic N) is 1. The van der Waals surface area contributed by atoms with Crippen LogP contribution in [-0.2, 0) is 0 Å². The van der Waals surface area contributed by atoms with Crippen LogP contribution >= 0.6 is 11.3 Å². The number of allylic oxidation sites excluding steroid dienone is 1. The van der Waals surface area contributed by atoms with Gasteiger partial charge in [0, 0.05) is 6.42 Å². The molecule has 13 heavy (non-hydrogen) atoms. The Balaban J connectivity index is 0.000000396. The molecule has 68 valence electrons. The average molecular weight is 191 g/mol. The molecular weight excluding hydrogens is 178 g/mol. The third-order valence-electron chi connectivity index (χ3n) is 1.46. The van der Waals surface area contributed by atoms with Crippen LogP contribution in [0.4, 0.5) is 0 Å². The normalized spacial score (nSPS) is 11.6. The van der Waals surface area contributed by atoms with Gasteiger partial charge in [0.2, 0.25) is 0 Å². The number of fused-ring (bicyclic) bond motifs is 1. The van der Waals surface area contributed by atoms with Crippen molar-refractivity contribution in [2.24, 2.45) is 0 Å². The first-order chi connectivity index (χ1) is 6.36. The van der Waals surface area contributed by atoms with Crippen LogP contribution < -0.4 is 0 Å². The molecule has 2 heteroatoms. The van der Waals surface area contributed by atoms with Gasteiger partial charge in [0.15, 0.2) is 0 Å². The monoisotopic (exact) mass is 191 g/mol. The molecule has 1 aromatic heterocycles. The van der Waals surface area contributed by atoms with Gasteiger partial charge in [-0.25, -0.2) is 4.98 Å². The van der Waals surface area contributed by atoms with Crippen LogP contribution in [0.25, 0.3) is 6.08 Å². The van der Waals surface area contributed by atoms with Crippen molar-refractivity contribution in [3.05, 3.63) is 21.7 Å². The molecule has 1 aliphatic rings. The zero-order valence-corrected chi connectivity index (χ0v) is 9.03. The summed E-state index contributed by atoms with van der Waals surface area (Å²) in [5.41, 5.74) is 1.04. The van der Waals surface area contributed by atoms with Crippen molar-refractivity contribution in [1.82, 2.24) is 4.98 Å². The van der Waals surface area contributed by atoms with E-state index < -0.39 is 0 Å². The number of hydrogen-bond donors (Lipinski definition) is 0. The molecule has 0 aliphatic heterocycles. The number of hydrogen-bond acceptors (Lipinski definition) is 2. The molecule has 0 bridgehead atoms. The summed E-state index contributed by atoms with van der Waals surface area (Å²) in [6.45, 7) is 6.01. The molecule has 0 saturated heterocycles. The van der Waals surface area contributed by atoms with E-state index in [2.05, 4.69) is 22.9 Å². The Kier molecular flexibility index (Phi) is 3.72. The molecule has 0 N–H and O–H groups in total. The van der Waals surface area contributed by atoms with Crippen LogP contribution in [0.3, 0.4) is 0 Å². The first-order valence-corrected chi connectivity index (χ1v) is 5.31. The molecular formula is C11H13NS. The summed E-state index contributed by atoms with van der Waals surface area (Å²) >= 11 is 1.67. The van der Waals surface area contributed by atoms with Crippen LogP contribution in [-0.4, -0.2) is 4.98 Å². The second kappa shape index (κ2) is 4.84. The summed E-state index contributed by atoms with van der Waals surface area (Å²) in [6.07, 6.45) is 4.94. The third kappa shape index (κ3) is 2.43. The zero-order valence-electron chi connectivity index (χ0n) is 8.22. The molecule has 0 saturated carbocycles. The fourth-order valence-corrected chi connectivity index (χ4v) is 1.79. The van der Waals surface area contributed by atoms with Gasteiger partial charge in [-0.1, -0.05) is 31.8 Å². The van der Waals surface area contributed by atoms with Gasteiger partial charge in [0.25, 0.3) is 0 Å². The Morgan fingerprint density at radius 1 is 1.46 bits per heavy atom. The maximum absolute atomic E-state index is 4.34. The van der Waals surface area contributed by atoms with Gasteiger partial charge in [0.05, 0.1) is 10.7 Å². The van der Waals surface area contributed by atoms with Crippen molar-refractivity contribution in [2.75, 3.05) is 0 Å². The largest absolute Gasteiger partial charge is 0.241 e. The molecule has 1 aromatic rings. The summed E-state index contributed by atoms with van der Waals surface area (Å²) in [7, 11) is 0. The van der Waals surface area contributed by atoms with Gasteiger partial charge in [-0.15, -0.1) is 11.3 Å². The molecule has 2 rings (SSSR count). The summed E-state index contributed by atoms with van der Waals surface area (Å²) < 4.78 is 0. The number of aryl methyl sites for hydroxylation is 1. The molecule has 0 radical (unpaired) electrons. The van der Waals surface area contributed by atoms with Crippen LogP contribution in [0.5, 0.6) is 0 Å². The molecule has 1 nitrogen and oxygen atoms in total. The lowest BCUT2D eigenvalue weighted by molar-refractivity contribution is 1.27. The highest BCUT2D eigenvalue weighted by Gasteiger charge is 2.03. The van der Waals surface area contributed by atoms with Crippen LogP contribution in [0.15, 0.2) is 6.08 Å². The predicted molar refractivity (Wildman–Crippen MR) is 58.7 cm³/mol. The second-order valence-electron chi connectivity index (χ2n) is 2.36. The third-order valence-corrected chi connectivity index (χ3v) is 2.36. The van der Waals surface area contributed by atoms with Gasteiger partial charge in [-0.05, 0) is 13.0 Å². The molecule has 0 spiro atoms. The van der Waals surface area contributed by atoms with Gasteiger partial charge < -0.3 is 0 Å². The highest BCUT2D eigenvalue weighted by atomic mass is 32.1.